The number of imidazole rings is 1. The Labute approximate surface area is 202 Å². The van der Waals surface area contributed by atoms with Crippen LogP contribution in [0.5, 0.6) is 0 Å². The van der Waals surface area contributed by atoms with Crippen molar-refractivity contribution >= 4 is 11.9 Å². The summed E-state index contributed by atoms with van der Waals surface area (Å²) in [6.45, 7) is 3.97. The van der Waals surface area contributed by atoms with Gasteiger partial charge in [0.15, 0.2) is 11.9 Å². The Morgan fingerprint density at radius 2 is 1.91 bits per heavy atom. The van der Waals surface area contributed by atoms with Gasteiger partial charge in [-0.1, -0.05) is 36.1 Å². The molecule has 0 saturated heterocycles. The lowest BCUT2D eigenvalue weighted by atomic mass is 10.1. The van der Waals surface area contributed by atoms with E-state index in [9.17, 15) is 9.59 Å². The molecule has 2 heterocycles. The standard InChI is InChI=1S/C27H24N4O4/c1-3-25(32)34-18(2)27-29-14-15-31(27)17-22-16-24(35-30-22)21-12-9-19(10-13-21)8-11-20-6-4-5-7-23(20)26(28)33/h4-7,9-10,12-16,18H,3,17H2,1-2H3,(H2,28,33)/t18-/m0/s1. The van der Waals surface area contributed by atoms with Crippen molar-refractivity contribution in [1.82, 2.24) is 14.7 Å². The van der Waals surface area contributed by atoms with Crippen molar-refractivity contribution < 1.29 is 18.8 Å². The number of esters is 1. The molecule has 0 bridgehead atoms. The summed E-state index contributed by atoms with van der Waals surface area (Å²) in [5.41, 5.74) is 8.73. The van der Waals surface area contributed by atoms with Crippen molar-refractivity contribution in [2.75, 3.05) is 0 Å². The minimum Gasteiger partial charge on any atom is -0.454 e. The molecule has 2 aromatic heterocycles. The fourth-order valence-electron chi connectivity index (χ4n) is 3.51. The molecule has 0 aliphatic rings. The van der Waals surface area contributed by atoms with Gasteiger partial charge in [0.1, 0.15) is 11.5 Å². The number of aromatic nitrogens is 3. The molecule has 2 aromatic carbocycles. The Kier molecular flexibility index (Phi) is 7.07. The first-order valence-electron chi connectivity index (χ1n) is 11.1. The van der Waals surface area contributed by atoms with Gasteiger partial charge in [-0.3, -0.25) is 9.59 Å². The number of primary amides is 1. The number of hydrogen-bond acceptors (Lipinski definition) is 6. The molecule has 0 fully saturated rings. The van der Waals surface area contributed by atoms with E-state index in [0.29, 0.717) is 41.4 Å². The van der Waals surface area contributed by atoms with E-state index < -0.39 is 12.0 Å². The van der Waals surface area contributed by atoms with Gasteiger partial charge in [-0.05, 0) is 43.3 Å². The van der Waals surface area contributed by atoms with Crippen LogP contribution in [0.4, 0.5) is 0 Å². The van der Waals surface area contributed by atoms with Gasteiger partial charge in [-0.15, -0.1) is 0 Å². The lowest BCUT2D eigenvalue weighted by molar-refractivity contribution is -0.148. The molecule has 8 heteroatoms. The normalized spacial score (nSPS) is 11.4. The quantitative estimate of drug-likeness (QED) is 0.323. The van der Waals surface area contributed by atoms with Crippen molar-refractivity contribution in [3.63, 3.8) is 0 Å². The van der Waals surface area contributed by atoms with Crippen LogP contribution >= 0.6 is 0 Å². The molecule has 0 aliphatic heterocycles. The molecule has 2 N–H and O–H groups in total. The summed E-state index contributed by atoms with van der Waals surface area (Å²) in [4.78, 5) is 27.5. The maximum atomic E-state index is 11.6. The molecular formula is C27H24N4O4. The number of ether oxygens (including phenoxy) is 1. The summed E-state index contributed by atoms with van der Waals surface area (Å²) < 4.78 is 12.8. The highest BCUT2D eigenvalue weighted by molar-refractivity contribution is 5.95. The maximum absolute atomic E-state index is 11.6. The number of benzene rings is 2. The molecule has 0 spiro atoms. The first-order chi connectivity index (χ1) is 16.9. The van der Waals surface area contributed by atoms with Gasteiger partial charge in [0.25, 0.3) is 0 Å². The summed E-state index contributed by atoms with van der Waals surface area (Å²) in [6, 6.07) is 16.4. The largest absolute Gasteiger partial charge is 0.454 e. The van der Waals surface area contributed by atoms with Gasteiger partial charge in [-0.25, -0.2) is 4.98 Å². The molecule has 0 unspecified atom stereocenters. The molecule has 0 aliphatic carbocycles. The highest BCUT2D eigenvalue weighted by Crippen LogP contribution is 2.22. The average molecular weight is 469 g/mol. The second-order valence-electron chi connectivity index (χ2n) is 7.82. The van der Waals surface area contributed by atoms with E-state index in [1.54, 1.807) is 38.2 Å². The van der Waals surface area contributed by atoms with Crippen LogP contribution in [0.25, 0.3) is 11.3 Å². The summed E-state index contributed by atoms with van der Waals surface area (Å²) >= 11 is 0. The van der Waals surface area contributed by atoms with E-state index in [0.717, 1.165) is 11.1 Å². The minimum absolute atomic E-state index is 0.277. The van der Waals surface area contributed by atoms with Gasteiger partial charge in [0.2, 0.25) is 5.91 Å². The molecule has 4 aromatic rings. The van der Waals surface area contributed by atoms with Gasteiger partial charge in [0.05, 0.1) is 12.1 Å². The average Bonchev–Trinajstić information content (AvgIpc) is 3.53. The summed E-state index contributed by atoms with van der Waals surface area (Å²) in [7, 11) is 0. The third-order valence-electron chi connectivity index (χ3n) is 5.30. The van der Waals surface area contributed by atoms with Crippen LogP contribution < -0.4 is 5.73 Å². The van der Waals surface area contributed by atoms with Crippen molar-refractivity contribution in [2.45, 2.75) is 32.9 Å². The highest BCUT2D eigenvalue weighted by atomic mass is 16.5. The van der Waals surface area contributed by atoms with Gasteiger partial charge >= 0.3 is 5.97 Å². The van der Waals surface area contributed by atoms with Gasteiger partial charge < -0.3 is 19.6 Å². The maximum Gasteiger partial charge on any atom is 0.306 e. The second kappa shape index (κ2) is 10.5. The number of carbonyl (C=O) groups is 2. The van der Waals surface area contributed by atoms with E-state index in [1.165, 1.54) is 0 Å². The highest BCUT2D eigenvalue weighted by Gasteiger charge is 2.17. The number of nitrogens with two attached hydrogens (primary N) is 1. The van der Waals surface area contributed by atoms with Gasteiger partial charge in [-0.2, -0.15) is 0 Å². The second-order valence-corrected chi connectivity index (χ2v) is 7.82. The lowest BCUT2D eigenvalue weighted by Crippen LogP contribution is -2.13. The zero-order chi connectivity index (χ0) is 24.8. The summed E-state index contributed by atoms with van der Waals surface area (Å²) in [6.07, 6.45) is 3.31. The number of rotatable bonds is 7. The molecule has 1 amide bonds. The smallest absolute Gasteiger partial charge is 0.306 e. The van der Waals surface area contributed by atoms with Crippen LogP contribution in [0.1, 0.15) is 59.4 Å². The minimum atomic E-state index is -0.509. The Morgan fingerprint density at radius 1 is 1.14 bits per heavy atom. The fourth-order valence-corrected chi connectivity index (χ4v) is 3.51. The number of amides is 1. The van der Waals surface area contributed by atoms with Crippen LogP contribution in [0.15, 0.2) is 71.5 Å². The Hall–Kier alpha value is -4.64. The van der Waals surface area contributed by atoms with E-state index in [-0.39, 0.29) is 5.97 Å². The van der Waals surface area contributed by atoms with Crippen LogP contribution in [0, 0.1) is 11.8 Å². The lowest BCUT2D eigenvalue weighted by Gasteiger charge is -2.13. The van der Waals surface area contributed by atoms with Crippen molar-refractivity contribution in [3.05, 3.63) is 95.2 Å². The van der Waals surface area contributed by atoms with Crippen LogP contribution in [-0.2, 0) is 16.1 Å². The SMILES string of the molecule is CCC(=O)O[C@@H](C)c1nccn1Cc1cc(-c2ccc(C#Cc3ccccc3C(N)=O)cc2)on1. The Bertz CT molecular complexity index is 1410. The van der Waals surface area contributed by atoms with Crippen molar-refractivity contribution in [3.8, 4) is 23.2 Å². The topological polar surface area (TPSA) is 113 Å². The molecular weight excluding hydrogens is 444 g/mol. The van der Waals surface area contributed by atoms with Crippen molar-refractivity contribution in [2.24, 2.45) is 5.73 Å². The van der Waals surface area contributed by atoms with Crippen molar-refractivity contribution in [1.29, 1.82) is 0 Å². The first kappa shape index (κ1) is 23.5. The zero-order valence-electron chi connectivity index (χ0n) is 19.4. The molecule has 1 atom stereocenters. The number of carbonyl (C=O) groups excluding carboxylic acids is 2. The van der Waals surface area contributed by atoms with Gasteiger partial charge in [0, 0.05) is 41.6 Å². The molecule has 0 radical (unpaired) electrons. The zero-order valence-corrected chi connectivity index (χ0v) is 19.4. The monoisotopic (exact) mass is 468 g/mol. The summed E-state index contributed by atoms with van der Waals surface area (Å²) in [5.74, 6) is 6.52. The summed E-state index contributed by atoms with van der Waals surface area (Å²) in [5, 5.41) is 4.17. The molecule has 0 saturated carbocycles. The molecule has 176 valence electrons. The van der Waals surface area contributed by atoms with E-state index in [2.05, 4.69) is 22.0 Å². The third kappa shape index (κ3) is 5.65. The first-order valence-corrected chi connectivity index (χ1v) is 11.1. The third-order valence-corrected chi connectivity index (χ3v) is 5.30. The molecule has 4 rings (SSSR count). The van der Waals surface area contributed by atoms with E-state index in [1.807, 2.05) is 47.2 Å². The van der Waals surface area contributed by atoms with Crippen LogP contribution in [0.2, 0.25) is 0 Å². The fraction of sp³-hybridized carbons (Fsp3) is 0.185. The Balaban J connectivity index is 1.46. The van der Waals surface area contributed by atoms with E-state index in [4.69, 9.17) is 15.0 Å². The van der Waals surface area contributed by atoms with Crippen LogP contribution in [-0.4, -0.2) is 26.6 Å². The molecule has 35 heavy (non-hydrogen) atoms. The predicted molar refractivity (Wildman–Crippen MR) is 129 cm³/mol. The van der Waals surface area contributed by atoms with E-state index >= 15 is 0 Å². The molecule has 8 nitrogen and oxygen atoms in total. The number of nitrogens with zero attached hydrogens (tertiary/aromatic N) is 3. The number of hydrogen-bond donors (Lipinski definition) is 1. The van der Waals surface area contributed by atoms with Crippen LogP contribution in [0.3, 0.4) is 0 Å². The Morgan fingerprint density at radius 3 is 2.66 bits per heavy atom. The predicted octanol–water partition coefficient (Wildman–Crippen LogP) is 4.10.